The number of rotatable bonds is 2. The van der Waals surface area contributed by atoms with Crippen LogP contribution in [0.3, 0.4) is 0 Å². The Balaban J connectivity index is 2.57. The molecule has 10 heavy (non-hydrogen) atoms. The number of methoxy groups -OCH3 is 1. The van der Waals surface area contributed by atoms with Crippen LogP contribution < -0.4 is 0 Å². The molecule has 0 aromatic carbocycles. The van der Waals surface area contributed by atoms with Gasteiger partial charge in [-0.15, -0.1) is 0 Å². The Morgan fingerprint density at radius 1 is 1.40 bits per heavy atom. The van der Waals surface area contributed by atoms with Gasteiger partial charge in [-0.25, -0.2) is 0 Å². The molecule has 58 valence electrons. The fourth-order valence-electron chi connectivity index (χ4n) is 0.896. The van der Waals surface area contributed by atoms with Crippen LogP contribution in [0.4, 0.5) is 0 Å². The molecule has 3 nitrogen and oxygen atoms in total. The van der Waals surface area contributed by atoms with Crippen molar-refractivity contribution in [1.29, 1.82) is 0 Å². The lowest BCUT2D eigenvalue weighted by Gasteiger charge is -2.20. The van der Waals surface area contributed by atoms with Gasteiger partial charge in [-0.2, -0.15) is 0 Å². The molecule has 0 unspecified atom stereocenters. The molecule has 1 heterocycles. The van der Waals surface area contributed by atoms with Crippen molar-refractivity contribution in [3.05, 3.63) is 12.2 Å². The first kappa shape index (κ1) is 7.72. The molecule has 1 saturated heterocycles. The van der Waals surface area contributed by atoms with E-state index in [1.807, 2.05) is 13.0 Å². The number of ether oxygens (including phenoxy) is 3. The molecular weight excluding hydrogens is 132 g/mol. The van der Waals surface area contributed by atoms with Gasteiger partial charge >= 0.3 is 5.97 Å². The topological polar surface area (TPSA) is 27.7 Å². The first-order chi connectivity index (χ1) is 4.83. The lowest BCUT2D eigenvalue weighted by molar-refractivity contribution is -0.284. The van der Waals surface area contributed by atoms with Crippen LogP contribution in [-0.4, -0.2) is 26.3 Å². The summed E-state index contributed by atoms with van der Waals surface area (Å²) >= 11 is 0. The Labute approximate surface area is 60.6 Å². The molecular formula is C7H12O3. The van der Waals surface area contributed by atoms with Crippen LogP contribution in [0.1, 0.15) is 6.92 Å². The second kappa shape index (κ2) is 3.14. The summed E-state index contributed by atoms with van der Waals surface area (Å²) in [5.74, 6) is -0.894. The van der Waals surface area contributed by atoms with Gasteiger partial charge in [0.25, 0.3) is 0 Å². The van der Waals surface area contributed by atoms with E-state index in [1.54, 1.807) is 13.2 Å². The third-order valence-corrected chi connectivity index (χ3v) is 1.35. The van der Waals surface area contributed by atoms with Gasteiger partial charge in [0.05, 0.1) is 13.2 Å². The van der Waals surface area contributed by atoms with Gasteiger partial charge in [-0.05, 0) is 6.92 Å². The van der Waals surface area contributed by atoms with E-state index in [2.05, 4.69) is 0 Å². The van der Waals surface area contributed by atoms with Crippen LogP contribution in [0.25, 0.3) is 0 Å². The fraction of sp³-hybridized carbons (Fsp3) is 0.714. The van der Waals surface area contributed by atoms with Crippen molar-refractivity contribution < 1.29 is 14.2 Å². The second-order valence-electron chi connectivity index (χ2n) is 2.00. The second-order valence-corrected chi connectivity index (χ2v) is 2.00. The molecule has 0 spiro atoms. The maximum absolute atomic E-state index is 5.20. The summed E-state index contributed by atoms with van der Waals surface area (Å²) in [5.41, 5.74) is 0. The molecule has 0 aliphatic carbocycles. The fourth-order valence-corrected chi connectivity index (χ4v) is 0.896. The monoisotopic (exact) mass is 144 g/mol. The van der Waals surface area contributed by atoms with Crippen LogP contribution in [0.2, 0.25) is 0 Å². The van der Waals surface area contributed by atoms with Crippen LogP contribution in [0.5, 0.6) is 0 Å². The summed E-state index contributed by atoms with van der Waals surface area (Å²) < 4.78 is 15.4. The minimum Gasteiger partial charge on any atom is -0.327 e. The van der Waals surface area contributed by atoms with Gasteiger partial charge in [-0.3, -0.25) is 0 Å². The quantitative estimate of drug-likeness (QED) is 0.539. The zero-order chi connectivity index (χ0) is 7.45. The van der Waals surface area contributed by atoms with Gasteiger partial charge in [0.2, 0.25) is 0 Å². The molecule has 0 atom stereocenters. The molecule has 0 saturated carbocycles. The molecule has 0 amide bonds. The number of hydrogen-bond donors (Lipinski definition) is 0. The van der Waals surface area contributed by atoms with Gasteiger partial charge in [0, 0.05) is 13.2 Å². The van der Waals surface area contributed by atoms with Crippen molar-refractivity contribution >= 4 is 0 Å². The highest BCUT2D eigenvalue weighted by Crippen LogP contribution is 2.20. The molecule has 0 aromatic rings. The largest absolute Gasteiger partial charge is 0.327 e. The summed E-state index contributed by atoms with van der Waals surface area (Å²) in [6.07, 6.45) is 3.59. The lowest BCUT2D eigenvalue weighted by atomic mass is 10.4. The van der Waals surface area contributed by atoms with Crippen molar-refractivity contribution in [2.45, 2.75) is 12.9 Å². The SMILES string of the molecule is C/C=C/C1(OC)OCCO1. The third kappa shape index (κ3) is 1.37. The molecule has 3 heteroatoms. The summed E-state index contributed by atoms with van der Waals surface area (Å²) in [6.45, 7) is 3.09. The van der Waals surface area contributed by atoms with Crippen molar-refractivity contribution in [2.75, 3.05) is 20.3 Å². The molecule has 1 aliphatic heterocycles. The third-order valence-electron chi connectivity index (χ3n) is 1.35. The van der Waals surface area contributed by atoms with Crippen LogP contribution in [-0.2, 0) is 14.2 Å². The van der Waals surface area contributed by atoms with Gasteiger partial charge in [0.1, 0.15) is 0 Å². The zero-order valence-electron chi connectivity index (χ0n) is 6.29. The minimum absolute atomic E-state index is 0.595. The van der Waals surface area contributed by atoms with Crippen molar-refractivity contribution in [1.82, 2.24) is 0 Å². The summed E-state index contributed by atoms with van der Waals surface area (Å²) in [4.78, 5) is 0. The Hall–Kier alpha value is -0.380. The van der Waals surface area contributed by atoms with Crippen molar-refractivity contribution in [3.63, 3.8) is 0 Å². The maximum Gasteiger partial charge on any atom is 0.304 e. The highest BCUT2D eigenvalue weighted by atomic mass is 16.9. The first-order valence-corrected chi connectivity index (χ1v) is 3.30. The van der Waals surface area contributed by atoms with Crippen LogP contribution in [0, 0.1) is 0 Å². The van der Waals surface area contributed by atoms with E-state index in [9.17, 15) is 0 Å². The van der Waals surface area contributed by atoms with Crippen LogP contribution >= 0.6 is 0 Å². The zero-order valence-corrected chi connectivity index (χ0v) is 6.29. The van der Waals surface area contributed by atoms with E-state index in [0.29, 0.717) is 13.2 Å². The summed E-state index contributed by atoms with van der Waals surface area (Å²) in [7, 11) is 1.56. The van der Waals surface area contributed by atoms with E-state index in [1.165, 1.54) is 0 Å². The average Bonchev–Trinajstić information content (AvgIpc) is 2.39. The van der Waals surface area contributed by atoms with E-state index in [-0.39, 0.29) is 0 Å². The predicted molar refractivity (Wildman–Crippen MR) is 36.5 cm³/mol. The molecule has 1 fully saturated rings. The Bertz CT molecular complexity index is 125. The Kier molecular flexibility index (Phi) is 2.43. The molecule has 0 radical (unpaired) electrons. The molecule has 1 rings (SSSR count). The van der Waals surface area contributed by atoms with Crippen LogP contribution in [0.15, 0.2) is 12.2 Å². The standard InChI is InChI=1S/C7H12O3/c1-3-4-7(8-2)9-5-6-10-7/h3-4H,5-6H2,1-2H3/b4-3+. The molecule has 0 bridgehead atoms. The summed E-state index contributed by atoms with van der Waals surface area (Å²) in [6, 6.07) is 0. The Morgan fingerprint density at radius 2 is 2.00 bits per heavy atom. The highest BCUT2D eigenvalue weighted by molar-refractivity contribution is 4.89. The van der Waals surface area contributed by atoms with Crippen molar-refractivity contribution in [2.24, 2.45) is 0 Å². The van der Waals surface area contributed by atoms with Crippen molar-refractivity contribution in [3.8, 4) is 0 Å². The van der Waals surface area contributed by atoms with E-state index < -0.39 is 5.97 Å². The molecule has 0 N–H and O–H groups in total. The smallest absolute Gasteiger partial charge is 0.304 e. The first-order valence-electron chi connectivity index (χ1n) is 3.30. The maximum atomic E-state index is 5.20. The van der Waals surface area contributed by atoms with E-state index in [0.717, 1.165) is 0 Å². The minimum atomic E-state index is -0.894. The molecule has 1 aliphatic rings. The molecule has 0 aromatic heterocycles. The Morgan fingerprint density at radius 3 is 2.40 bits per heavy atom. The summed E-state index contributed by atoms with van der Waals surface area (Å²) in [5, 5.41) is 0. The predicted octanol–water partition coefficient (Wildman–Crippen LogP) is 0.909. The van der Waals surface area contributed by atoms with E-state index >= 15 is 0 Å². The van der Waals surface area contributed by atoms with Gasteiger partial charge in [0.15, 0.2) is 0 Å². The van der Waals surface area contributed by atoms with Gasteiger partial charge in [-0.1, -0.05) is 6.08 Å². The lowest BCUT2D eigenvalue weighted by Crippen LogP contribution is -2.29. The number of allylic oxidation sites excluding steroid dienone is 1. The highest BCUT2D eigenvalue weighted by Gasteiger charge is 2.33. The average molecular weight is 144 g/mol. The number of hydrogen-bond acceptors (Lipinski definition) is 3. The van der Waals surface area contributed by atoms with E-state index in [4.69, 9.17) is 14.2 Å². The van der Waals surface area contributed by atoms with Gasteiger partial charge < -0.3 is 14.2 Å². The normalized spacial score (nSPS) is 24.2.